The average molecular weight is 383 g/mol. The van der Waals surface area contributed by atoms with Gasteiger partial charge in [-0.3, -0.25) is 4.90 Å². The standard InChI is InChI=1S/C23H30N2O3/c24-16-5-6-21(16)7-8-23(27)17-11-14-3-4-15(26)19-18(14)22(23,20(21)28-19)9-10-25(17)12-13-1-2-13/h3-4,13,16-17,20,26-27H,1-2,5-12,24H2/t16-,17-,20+,21+,22+,23-/m1/s1. The number of aromatic hydroxyl groups is 1. The number of piperidine rings is 1. The molecule has 0 radical (unpaired) electrons. The molecule has 7 rings (SSSR count). The first-order valence-corrected chi connectivity index (χ1v) is 11.2. The maximum Gasteiger partial charge on any atom is 0.165 e. The van der Waals surface area contributed by atoms with Crippen LogP contribution < -0.4 is 10.5 Å². The van der Waals surface area contributed by atoms with E-state index in [0.717, 1.165) is 63.1 Å². The van der Waals surface area contributed by atoms with Crippen LogP contribution in [0.25, 0.3) is 0 Å². The molecule has 6 atom stereocenters. The van der Waals surface area contributed by atoms with E-state index in [0.29, 0.717) is 5.75 Å². The second-order valence-corrected chi connectivity index (χ2v) is 10.6. The highest BCUT2D eigenvalue weighted by Gasteiger charge is 2.77. The van der Waals surface area contributed by atoms with E-state index in [-0.39, 0.29) is 29.4 Å². The number of hydrogen-bond donors (Lipinski definition) is 3. The predicted octanol–water partition coefficient (Wildman–Crippen LogP) is 2.06. The van der Waals surface area contributed by atoms with Crippen LogP contribution in [0.5, 0.6) is 11.5 Å². The minimum atomic E-state index is -0.780. The molecule has 1 aromatic rings. The van der Waals surface area contributed by atoms with E-state index in [1.807, 2.05) is 0 Å². The van der Waals surface area contributed by atoms with Crippen LogP contribution >= 0.6 is 0 Å². The lowest BCUT2D eigenvalue weighted by Gasteiger charge is -2.69. The van der Waals surface area contributed by atoms with Crippen molar-refractivity contribution in [3.8, 4) is 11.5 Å². The summed E-state index contributed by atoms with van der Waals surface area (Å²) < 4.78 is 6.62. The van der Waals surface area contributed by atoms with Gasteiger partial charge in [-0.25, -0.2) is 0 Å². The molecule has 4 aliphatic carbocycles. The van der Waals surface area contributed by atoms with E-state index in [4.69, 9.17) is 10.5 Å². The van der Waals surface area contributed by atoms with Crippen LogP contribution in [0.1, 0.15) is 56.1 Å². The van der Waals surface area contributed by atoms with Crippen molar-refractivity contribution in [2.24, 2.45) is 17.1 Å². The highest BCUT2D eigenvalue weighted by atomic mass is 16.5. The number of nitrogens with zero attached hydrogens (tertiary/aromatic N) is 1. The van der Waals surface area contributed by atoms with E-state index in [9.17, 15) is 10.2 Å². The summed E-state index contributed by atoms with van der Waals surface area (Å²) in [4.78, 5) is 2.59. The minimum Gasteiger partial charge on any atom is -0.504 e. The SMILES string of the molecule is N[C@@H]1CC[C@]12CC[C@@]1(O)[C@H]3Cc4ccc(O)c5c4[C@@]1(CCN3CC1CC1)[C@H]2O5. The lowest BCUT2D eigenvalue weighted by atomic mass is 9.40. The fourth-order valence-corrected chi connectivity index (χ4v) is 7.96. The molecule has 2 heterocycles. The summed E-state index contributed by atoms with van der Waals surface area (Å²) >= 11 is 0. The Kier molecular flexibility index (Phi) is 2.87. The van der Waals surface area contributed by atoms with Crippen molar-refractivity contribution in [1.82, 2.24) is 4.90 Å². The van der Waals surface area contributed by atoms with Crippen molar-refractivity contribution in [1.29, 1.82) is 0 Å². The van der Waals surface area contributed by atoms with E-state index in [1.54, 1.807) is 6.07 Å². The molecule has 2 spiro atoms. The second kappa shape index (κ2) is 4.88. The zero-order valence-corrected chi connectivity index (χ0v) is 16.4. The molecule has 0 unspecified atom stereocenters. The van der Waals surface area contributed by atoms with Crippen molar-refractivity contribution in [3.05, 3.63) is 23.3 Å². The number of aliphatic hydroxyl groups is 1. The number of benzene rings is 1. The maximum absolute atomic E-state index is 12.4. The molecule has 1 aromatic carbocycles. The van der Waals surface area contributed by atoms with Crippen LogP contribution in [0.15, 0.2) is 12.1 Å². The van der Waals surface area contributed by atoms with Crippen molar-refractivity contribution < 1.29 is 14.9 Å². The monoisotopic (exact) mass is 382 g/mol. The van der Waals surface area contributed by atoms with Crippen LogP contribution in [0, 0.1) is 11.3 Å². The molecule has 5 heteroatoms. The Morgan fingerprint density at radius 2 is 2.00 bits per heavy atom. The average Bonchev–Trinajstić information content (AvgIpc) is 3.42. The molecule has 3 saturated carbocycles. The highest BCUT2D eigenvalue weighted by Crippen LogP contribution is 2.71. The fraction of sp³-hybridized carbons (Fsp3) is 0.739. The summed E-state index contributed by atoms with van der Waals surface area (Å²) in [6.07, 6.45) is 8.22. The molecular formula is C23H30N2O3. The molecule has 2 bridgehead atoms. The Labute approximate surface area is 165 Å². The second-order valence-electron chi connectivity index (χ2n) is 10.6. The zero-order valence-electron chi connectivity index (χ0n) is 16.4. The Morgan fingerprint density at radius 3 is 2.71 bits per heavy atom. The van der Waals surface area contributed by atoms with Gasteiger partial charge in [-0.15, -0.1) is 0 Å². The Morgan fingerprint density at radius 1 is 1.14 bits per heavy atom. The smallest absolute Gasteiger partial charge is 0.165 e. The number of fused-ring (bicyclic) bond motifs is 1. The Hall–Kier alpha value is -1.30. The van der Waals surface area contributed by atoms with Gasteiger partial charge in [0.2, 0.25) is 0 Å². The maximum atomic E-state index is 12.4. The summed E-state index contributed by atoms with van der Waals surface area (Å²) in [7, 11) is 0. The molecule has 4 fully saturated rings. The molecule has 28 heavy (non-hydrogen) atoms. The molecular weight excluding hydrogens is 352 g/mol. The Balaban J connectivity index is 1.45. The van der Waals surface area contributed by atoms with Gasteiger partial charge < -0.3 is 20.7 Å². The molecule has 0 amide bonds. The molecule has 0 aromatic heterocycles. The van der Waals surface area contributed by atoms with Crippen molar-refractivity contribution in [2.75, 3.05) is 13.1 Å². The summed E-state index contributed by atoms with van der Waals surface area (Å²) in [5.41, 5.74) is 7.76. The molecule has 2 aliphatic heterocycles. The van der Waals surface area contributed by atoms with Crippen LogP contribution in [0.2, 0.25) is 0 Å². The Bertz CT molecular complexity index is 885. The number of ether oxygens (including phenoxy) is 1. The van der Waals surface area contributed by atoms with Gasteiger partial charge in [-0.1, -0.05) is 6.07 Å². The van der Waals surface area contributed by atoms with Crippen molar-refractivity contribution >= 4 is 0 Å². The van der Waals surface area contributed by atoms with Gasteiger partial charge in [0.1, 0.15) is 6.10 Å². The fourth-order valence-electron chi connectivity index (χ4n) is 7.96. The number of nitrogens with two attached hydrogens (primary N) is 1. The predicted molar refractivity (Wildman–Crippen MR) is 104 cm³/mol. The summed E-state index contributed by atoms with van der Waals surface area (Å²) in [5, 5.41) is 23.0. The lowest BCUT2D eigenvalue weighted by molar-refractivity contribution is -0.233. The van der Waals surface area contributed by atoms with Crippen LogP contribution in [0.4, 0.5) is 0 Å². The summed E-state index contributed by atoms with van der Waals surface area (Å²) in [5.74, 6) is 1.70. The van der Waals surface area contributed by atoms with Crippen LogP contribution in [0.3, 0.4) is 0 Å². The largest absolute Gasteiger partial charge is 0.504 e. The number of rotatable bonds is 2. The van der Waals surface area contributed by atoms with E-state index in [2.05, 4.69) is 11.0 Å². The van der Waals surface area contributed by atoms with E-state index < -0.39 is 11.0 Å². The molecule has 6 aliphatic rings. The molecule has 150 valence electrons. The van der Waals surface area contributed by atoms with Gasteiger partial charge in [0, 0.05) is 29.6 Å². The summed E-state index contributed by atoms with van der Waals surface area (Å²) in [6, 6.07) is 4.17. The lowest BCUT2D eigenvalue weighted by Crippen LogP contribution is -2.80. The molecule has 1 saturated heterocycles. The van der Waals surface area contributed by atoms with Crippen molar-refractivity contribution in [2.45, 2.75) is 80.6 Å². The third-order valence-corrected chi connectivity index (χ3v) is 9.67. The topological polar surface area (TPSA) is 79.0 Å². The van der Waals surface area contributed by atoms with E-state index >= 15 is 0 Å². The number of likely N-dealkylation sites (tertiary alicyclic amines) is 1. The zero-order chi connectivity index (χ0) is 18.9. The van der Waals surface area contributed by atoms with Gasteiger partial charge in [-0.05, 0) is 75.5 Å². The van der Waals surface area contributed by atoms with Crippen LogP contribution in [-0.4, -0.2) is 52.0 Å². The summed E-state index contributed by atoms with van der Waals surface area (Å²) in [6.45, 7) is 2.14. The van der Waals surface area contributed by atoms with Crippen molar-refractivity contribution in [3.63, 3.8) is 0 Å². The number of hydrogen-bond acceptors (Lipinski definition) is 5. The van der Waals surface area contributed by atoms with Gasteiger partial charge in [0.15, 0.2) is 11.5 Å². The normalized spacial score (nSPS) is 48.1. The number of phenols is 1. The quantitative estimate of drug-likeness (QED) is 0.730. The van der Waals surface area contributed by atoms with Gasteiger partial charge in [0.25, 0.3) is 0 Å². The third-order valence-electron chi connectivity index (χ3n) is 9.67. The first kappa shape index (κ1) is 16.5. The molecule has 5 nitrogen and oxygen atoms in total. The van der Waals surface area contributed by atoms with Gasteiger partial charge in [-0.2, -0.15) is 0 Å². The van der Waals surface area contributed by atoms with Gasteiger partial charge >= 0.3 is 0 Å². The van der Waals surface area contributed by atoms with E-state index in [1.165, 1.54) is 18.4 Å². The third kappa shape index (κ3) is 1.61. The highest BCUT2D eigenvalue weighted by molar-refractivity contribution is 5.63. The van der Waals surface area contributed by atoms with Crippen LogP contribution in [-0.2, 0) is 11.8 Å². The first-order chi connectivity index (χ1) is 13.5. The molecule has 4 N–H and O–H groups in total. The number of phenolic OH excluding ortho intramolecular Hbond substituents is 1. The first-order valence-electron chi connectivity index (χ1n) is 11.2. The van der Waals surface area contributed by atoms with Gasteiger partial charge in [0.05, 0.1) is 11.0 Å². The minimum absolute atomic E-state index is 0.0461.